The van der Waals surface area contributed by atoms with E-state index in [0.717, 1.165) is 38.3 Å². The molecule has 3 heteroatoms. The monoisotopic (exact) mass is 217 g/mol. The maximum Gasteiger partial charge on any atom is 0.101 e. The molecule has 1 rings (SSSR count). The van der Waals surface area contributed by atoms with Crippen molar-refractivity contribution in [1.82, 2.24) is 10.2 Å². The van der Waals surface area contributed by atoms with E-state index in [9.17, 15) is 0 Å². The van der Waals surface area contributed by atoms with Gasteiger partial charge >= 0.3 is 0 Å². The zero-order chi connectivity index (χ0) is 11.8. The van der Waals surface area contributed by atoms with Gasteiger partial charge in [0.25, 0.3) is 0 Å². The Labute approximate surface area is 97.7 Å². The Morgan fingerprint density at radius 1 is 1.44 bits per heavy atom. The van der Waals surface area contributed by atoms with Crippen LogP contribution in [0.3, 0.4) is 0 Å². The molecule has 16 heavy (non-hydrogen) atoms. The van der Waals surface area contributed by atoms with Crippen LogP contribution in [0, 0.1) is 11.3 Å². The summed E-state index contributed by atoms with van der Waals surface area (Å²) in [6, 6.07) is 2.23. The summed E-state index contributed by atoms with van der Waals surface area (Å²) in [5, 5.41) is 12.5. The van der Waals surface area contributed by atoms with Crippen molar-refractivity contribution >= 4 is 0 Å². The number of rotatable bonds is 3. The summed E-state index contributed by atoms with van der Waals surface area (Å²) in [4.78, 5) is 2.23. The van der Waals surface area contributed by atoms with Gasteiger partial charge in [-0.15, -0.1) is 0 Å². The molecule has 0 aromatic heterocycles. The van der Waals surface area contributed by atoms with Crippen LogP contribution in [-0.2, 0) is 0 Å². The van der Waals surface area contributed by atoms with Gasteiger partial charge in [-0.05, 0) is 32.0 Å². The number of hydrogen-bond donors (Lipinski definition) is 1. The molecule has 0 radical (unpaired) electrons. The standard InChI is InChI=1S/C13H19N3/c1-3-6-12(11-14)13(4-2)16-9-5-7-15-8-10-16/h3-4,6,15H,2,5,7-10H2,1H3/b6-3-,13-12-. The smallest absolute Gasteiger partial charge is 0.101 e. The average molecular weight is 217 g/mol. The number of nitriles is 1. The minimum absolute atomic E-state index is 0.694. The van der Waals surface area contributed by atoms with Gasteiger partial charge in [-0.1, -0.05) is 12.7 Å². The summed E-state index contributed by atoms with van der Waals surface area (Å²) in [6.45, 7) is 9.66. The molecule has 0 bridgehead atoms. The number of hydrogen-bond acceptors (Lipinski definition) is 3. The summed E-state index contributed by atoms with van der Waals surface area (Å²) in [5.74, 6) is 0. The molecular formula is C13H19N3. The van der Waals surface area contributed by atoms with E-state index in [1.807, 2.05) is 19.1 Å². The van der Waals surface area contributed by atoms with Gasteiger partial charge in [0.1, 0.15) is 6.07 Å². The van der Waals surface area contributed by atoms with Crippen LogP contribution >= 0.6 is 0 Å². The van der Waals surface area contributed by atoms with Crippen molar-refractivity contribution in [3.8, 4) is 6.07 Å². The van der Waals surface area contributed by atoms with Gasteiger partial charge in [-0.2, -0.15) is 5.26 Å². The highest BCUT2D eigenvalue weighted by Gasteiger charge is 2.12. The highest BCUT2D eigenvalue weighted by molar-refractivity contribution is 5.41. The lowest BCUT2D eigenvalue weighted by Gasteiger charge is -2.23. The number of nitrogens with one attached hydrogen (secondary N) is 1. The highest BCUT2D eigenvalue weighted by Crippen LogP contribution is 2.14. The second-order valence-corrected chi connectivity index (χ2v) is 3.71. The average Bonchev–Trinajstić information content (AvgIpc) is 2.58. The van der Waals surface area contributed by atoms with Crippen molar-refractivity contribution in [3.05, 3.63) is 36.1 Å². The van der Waals surface area contributed by atoms with Crippen LogP contribution in [0.25, 0.3) is 0 Å². The molecule has 1 aliphatic rings. The maximum atomic E-state index is 9.11. The molecule has 86 valence electrons. The van der Waals surface area contributed by atoms with Crippen molar-refractivity contribution in [3.63, 3.8) is 0 Å². The largest absolute Gasteiger partial charge is 0.369 e. The molecule has 0 atom stereocenters. The summed E-state index contributed by atoms with van der Waals surface area (Å²) >= 11 is 0. The Balaban J connectivity index is 2.94. The predicted octanol–water partition coefficient (Wildman–Crippen LogP) is 1.82. The van der Waals surface area contributed by atoms with Gasteiger partial charge in [0, 0.05) is 19.6 Å². The molecule has 1 heterocycles. The highest BCUT2D eigenvalue weighted by atomic mass is 15.2. The van der Waals surface area contributed by atoms with Crippen LogP contribution in [0.1, 0.15) is 13.3 Å². The lowest BCUT2D eigenvalue weighted by molar-refractivity contribution is 0.377. The lowest BCUT2D eigenvalue weighted by atomic mass is 10.1. The van der Waals surface area contributed by atoms with E-state index < -0.39 is 0 Å². The van der Waals surface area contributed by atoms with Crippen molar-refractivity contribution in [2.24, 2.45) is 0 Å². The lowest BCUT2D eigenvalue weighted by Crippen LogP contribution is -2.27. The fourth-order valence-corrected chi connectivity index (χ4v) is 1.84. The first-order valence-electron chi connectivity index (χ1n) is 5.68. The normalized spacial score (nSPS) is 18.9. The van der Waals surface area contributed by atoms with E-state index in [1.54, 1.807) is 6.08 Å². The maximum absolute atomic E-state index is 9.11. The SMILES string of the molecule is C=C/C(=C(C#N)\C=C/C)N1CCCNCC1. The molecule has 0 unspecified atom stereocenters. The second-order valence-electron chi connectivity index (χ2n) is 3.71. The summed E-state index contributed by atoms with van der Waals surface area (Å²) in [5.41, 5.74) is 1.64. The molecule has 0 spiro atoms. The fourth-order valence-electron chi connectivity index (χ4n) is 1.84. The van der Waals surface area contributed by atoms with Gasteiger partial charge in [0.15, 0.2) is 0 Å². The zero-order valence-electron chi connectivity index (χ0n) is 9.87. The zero-order valence-corrected chi connectivity index (χ0v) is 9.87. The number of allylic oxidation sites excluding steroid dienone is 4. The van der Waals surface area contributed by atoms with Crippen LogP contribution in [0.2, 0.25) is 0 Å². The summed E-state index contributed by atoms with van der Waals surface area (Å²) < 4.78 is 0. The van der Waals surface area contributed by atoms with Crippen molar-refractivity contribution < 1.29 is 0 Å². The molecule has 0 aromatic carbocycles. The van der Waals surface area contributed by atoms with Gasteiger partial charge in [0.2, 0.25) is 0 Å². The number of nitrogens with zero attached hydrogens (tertiary/aromatic N) is 2. The van der Waals surface area contributed by atoms with Gasteiger partial charge < -0.3 is 10.2 Å². The molecule has 1 N–H and O–H groups in total. The molecule has 0 aromatic rings. The summed E-state index contributed by atoms with van der Waals surface area (Å²) in [6.07, 6.45) is 6.61. The molecule has 1 saturated heterocycles. The van der Waals surface area contributed by atoms with Gasteiger partial charge in [-0.25, -0.2) is 0 Å². The molecule has 0 amide bonds. The van der Waals surface area contributed by atoms with Gasteiger partial charge in [-0.3, -0.25) is 0 Å². The first-order valence-corrected chi connectivity index (χ1v) is 5.68. The third kappa shape index (κ3) is 3.25. The van der Waals surface area contributed by atoms with Crippen molar-refractivity contribution in [1.29, 1.82) is 5.26 Å². The minimum atomic E-state index is 0.694. The molecule has 1 aliphatic heterocycles. The molecule has 1 fully saturated rings. The van der Waals surface area contributed by atoms with Crippen LogP contribution in [-0.4, -0.2) is 31.1 Å². The minimum Gasteiger partial charge on any atom is -0.369 e. The van der Waals surface area contributed by atoms with Crippen LogP contribution in [0.4, 0.5) is 0 Å². The third-order valence-electron chi connectivity index (χ3n) is 2.60. The Kier molecular flexibility index (Phi) is 5.38. The first-order chi connectivity index (χ1) is 7.83. The Bertz CT molecular complexity index is 326. The van der Waals surface area contributed by atoms with E-state index in [4.69, 9.17) is 5.26 Å². The topological polar surface area (TPSA) is 39.1 Å². The van der Waals surface area contributed by atoms with Crippen LogP contribution in [0.15, 0.2) is 36.1 Å². The van der Waals surface area contributed by atoms with Crippen molar-refractivity contribution in [2.75, 3.05) is 26.2 Å². The van der Waals surface area contributed by atoms with E-state index in [2.05, 4.69) is 22.9 Å². The van der Waals surface area contributed by atoms with Gasteiger partial charge in [0.05, 0.1) is 11.3 Å². The van der Waals surface area contributed by atoms with Crippen LogP contribution < -0.4 is 5.32 Å². The third-order valence-corrected chi connectivity index (χ3v) is 2.60. The van der Waals surface area contributed by atoms with Crippen LogP contribution in [0.5, 0.6) is 0 Å². The Morgan fingerprint density at radius 2 is 2.25 bits per heavy atom. The molecule has 0 saturated carbocycles. The Morgan fingerprint density at radius 3 is 2.88 bits per heavy atom. The quantitative estimate of drug-likeness (QED) is 0.579. The fraction of sp³-hybridized carbons (Fsp3) is 0.462. The molecule has 3 nitrogen and oxygen atoms in total. The van der Waals surface area contributed by atoms with E-state index >= 15 is 0 Å². The Hall–Kier alpha value is -1.53. The second kappa shape index (κ2) is 6.86. The molecule has 0 aliphatic carbocycles. The first kappa shape index (κ1) is 12.5. The van der Waals surface area contributed by atoms with E-state index in [-0.39, 0.29) is 0 Å². The molecular weight excluding hydrogens is 198 g/mol. The van der Waals surface area contributed by atoms with E-state index in [1.165, 1.54) is 0 Å². The van der Waals surface area contributed by atoms with Crippen molar-refractivity contribution in [2.45, 2.75) is 13.3 Å². The predicted molar refractivity (Wildman–Crippen MR) is 66.7 cm³/mol. The van der Waals surface area contributed by atoms with E-state index in [0.29, 0.717) is 5.57 Å². The summed E-state index contributed by atoms with van der Waals surface area (Å²) in [7, 11) is 0.